The van der Waals surface area contributed by atoms with E-state index in [0.29, 0.717) is 30.0 Å². The van der Waals surface area contributed by atoms with E-state index in [1.54, 1.807) is 41.9 Å². The molecule has 0 bridgehead atoms. The number of hydrogen-bond acceptors (Lipinski definition) is 4. The topological polar surface area (TPSA) is 71.3 Å². The summed E-state index contributed by atoms with van der Waals surface area (Å²) >= 11 is 1.61. The van der Waals surface area contributed by atoms with E-state index in [2.05, 4.69) is 10.6 Å². The second-order valence-electron chi connectivity index (χ2n) is 5.97. The van der Waals surface area contributed by atoms with E-state index in [1.807, 2.05) is 32.0 Å². The first kappa shape index (κ1) is 17.9. The molecule has 0 radical (unpaired) electrons. The van der Waals surface area contributed by atoms with Crippen molar-refractivity contribution >= 4 is 23.2 Å². The van der Waals surface area contributed by atoms with Crippen molar-refractivity contribution in [1.82, 2.24) is 10.6 Å². The van der Waals surface area contributed by atoms with Gasteiger partial charge in [-0.3, -0.25) is 9.59 Å². The Bertz CT molecular complexity index is 913. The van der Waals surface area contributed by atoms with Crippen LogP contribution in [0.2, 0.25) is 0 Å². The summed E-state index contributed by atoms with van der Waals surface area (Å²) in [6.45, 7) is 4.63. The number of benzene rings is 1. The molecule has 2 heterocycles. The van der Waals surface area contributed by atoms with Crippen LogP contribution in [-0.4, -0.2) is 11.8 Å². The Hall–Kier alpha value is -2.86. The van der Waals surface area contributed by atoms with E-state index < -0.39 is 0 Å². The van der Waals surface area contributed by atoms with Gasteiger partial charge < -0.3 is 15.1 Å². The first-order valence-electron chi connectivity index (χ1n) is 8.27. The summed E-state index contributed by atoms with van der Waals surface area (Å²) < 4.78 is 5.20. The van der Waals surface area contributed by atoms with Crippen molar-refractivity contribution in [2.75, 3.05) is 0 Å². The summed E-state index contributed by atoms with van der Waals surface area (Å²) in [4.78, 5) is 26.7. The highest BCUT2D eigenvalue weighted by atomic mass is 32.1. The van der Waals surface area contributed by atoms with Gasteiger partial charge in [-0.1, -0.05) is 12.1 Å². The Labute approximate surface area is 156 Å². The standard InChI is InChI=1S/C20H20N2O3S/c1-13-9-18(14(2)26-13)20(24)21-11-15-5-3-6-16(10-15)19(23)22-12-17-7-4-8-25-17/h3-10H,11-12H2,1-2H3,(H,21,24)(H,22,23). The zero-order valence-electron chi connectivity index (χ0n) is 14.7. The third kappa shape index (κ3) is 4.40. The molecule has 2 aromatic heterocycles. The lowest BCUT2D eigenvalue weighted by atomic mass is 10.1. The molecule has 2 N–H and O–H groups in total. The normalized spacial score (nSPS) is 10.5. The van der Waals surface area contributed by atoms with Crippen LogP contribution >= 0.6 is 11.3 Å². The minimum Gasteiger partial charge on any atom is -0.467 e. The molecule has 0 spiro atoms. The molecule has 0 aliphatic rings. The first-order valence-corrected chi connectivity index (χ1v) is 9.09. The highest BCUT2D eigenvalue weighted by Crippen LogP contribution is 2.20. The van der Waals surface area contributed by atoms with Crippen LogP contribution in [0.25, 0.3) is 0 Å². The number of furan rings is 1. The number of thiophene rings is 1. The van der Waals surface area contributed by atoms with Crippen LogP contribution in [0, 0.1) is 13.8 Å². The number of amides is 2. The molecule has 0 atom stereocenters. The summed E-state index contributed by atoms with van der Waals surface area (Å²) in [7, 11) is 0. The van der Waals surface area contributed by atoms with Gasteiger partial charge in [0.1, 0.15) is 5.76 Å². The van der Waals surface area contributed by atoms with E-state index in [-0.39, 0.29) is 11.8 Å². The van der Waals surface area contributed by atoms with Gasteiger partial charge in [-0.05, 0) is 49.7 Å². The average Bonchev–Trinajstić information content (AvgIpc) is 3.27. The van der Waals surface area contributed by atoms with Crippen LogP contribution in [0.1, 0.15) is 41.8 Å². The van der Waals surface area contributed by atoms with E-state index in [0.717, 1.165) is 15.3 Å². The van der Waals surface area contributed by atoms with Crippen molar-refractivity contribution in [3.8, 4) is 0 Å². The predicted octanol–water partition coefficient (Wildman–Crippen LogP) is 3.82. The zero-order chi connectivity index (χ0) is 18.5. The molecule has 134 valence electrons. The average molecular weight is 368 g/mol. The SMILES string of the molecule is Cc1cc(C(=O)NCc2cccc(C(=O)NCc3ccco3)c2)c(C)s1. The van der Waals surface area contributed by atoms with Gasteiger partial charge in [-0.15, -0.1) is 11.3 Å². The molecule has 2 amide bonds. The van der Waals surface area contributed by atoms with Gasteiger partial charge in [0.05, 0.1) is 18.4 Å². The lowest BCUT2D eigenvalue weighted by Gasteiger charge is -2.08. The Morgan fingerprint density at radius 1 is 1.00 bits per heavy atom. The molecule has 3 rings (SSSR count). The summed E-state index contributed by atoms with van der Waals surface area (Å²) in [5, 5.41) is 5.72. The third-order valence-electron chi connectivity index (χ3n) is 3.93. The highest BCUT2D eigenvalue weighted by Gasteiger charge is 2.12. The van der Waals surface area contributed by atoms with Crippen LogP contribution in [-0.2, 0) is 13.1 Å². The van der Waals surface area contributed by atoms with E-state index in [1.165, 1.54) is 0 Å². The number of nitrogens with one attached hydrogen (secondary N) is 2. The Kier molecular flexibility index (Phi) is 5.53. The van der Waals surface area contributed by atoms with Crippen LogP contribution in [0.4, 0.5) is 0 Å². The van der Waals surface area contributed by atoms with Crippen LogP contribution in [0.5, 0.6) is 0 Å². The molecular weight excluding hydrogens is 348 g/mol. The number of carbonyl (C=O) groups excluding carboxylic acids is 2. The maximum Gasteiger partial charge on any atom is 0.252 e. The van der Waals surface area contributed by atoms with Crippen LogP contribution in [0.15, 0.2) is 53.1 Å². The molecule has 5 nitrogen and oxygen atoms in total. The van der Waals surface area contributed by atoms with Gasteiger partial charge in [0, 0.05) is 21.9 Å². The molecule has 0 saturated heterocycles. The molecule has 0 fully saturated rings. The number of hydrogen-bond donors (Lipinski definition) is 2. The first-order chi connectivity index (χ1) is 12.5. The molecule has 0 unspecified atom stereocenters. The fourth-order valence-electron chi connectivity index (χ4n) is 2.64. The van der Waals surface area contributed by atoms with Crippen LogP contribution in [0.3, 0.4) is 0 Å². The van der Waals surface area contributed by atoms with Gasteiger partial charge in [0.25, 0.3) is 11.8 Å². The maximum absolute atomic E-state index is 12.3. The van der Waals surface area contributed by atoms with E-state index in [9.17, 15) is 9.59 Å². The summed E-state index contributed by atoms with van der Waals surface area (Å²) in [6, 6.07) is 12.7. The van der Waals surface area contributed by atoms with Crippen molar-refractivity contribution in [2.24, 2.45) is 0 Å². The lowest BCUT2D eigenvalue weighted by Crippen LogP contribution is -2.24. The second kappa shape index (κ2) is 8.01. The molecule has 26 heavy (non-hydrogen) atoms. The van der Waals surface area contributed by atoms with Crippen molar-refractivity contribution in [3.63, 3.8) is 0 Å². The fourth-order valence-corrected chi connectivity index (χ4v) is 3.56. The minimum atomic E-state index is -0.182. The fraction of sp³-hybridized carbons (Fsp3) is 0.200. The van der Waals surface area contributed by atoms with Gasteiger partial charge in [0.15, 0.2) is 0 Å². The predicted molar refractivity (Wildman–Crippen MR) is 101 cm³/mol. The number of rotatable bonds is 6. The molecular formula is C20H20N2O3S. The van der Waals surface area contributed by atoms with Crippen molar-refractivity contribution in [3.05, 3.63) is 80.9 Å². The molecule has 6 heteroatoms. The molecule has 0 aliphatic carbocycles. The van der Waals surface area contributed by atoms with Gasteiger partial charge in [0.2, 0.25) is 0 Å². The van der Waals surface area contributed by atoms with Crippen LogP contribution < -0.4 is 10.6 Å². The molecule has 0 saturated carbocycles. The Morgan fingerprint density at radius 3 is 2.50 bits per heavy atom. The van der Waals surface area contributed by atoms with E-state index >= 15 is 0 Å². The monoisotopic (exact) mass is 368 g/mol. The number of carbonyl (C=O) groups is 2. The van der Waals surface area contributed by atoms with Crippen molar-refractivity contribution in [1.29, 1.82) is 0 Å². The number of aryl methyl sites for hydroxylation is 2. The summed E-state index contributed by atoms with van der Waals surface area (Å²) in [5.41, 5.74) is 2.12. The van der Waals surface area contributed by atoms with E-state index in [4.69, 9.17) is 4.42 Å². The molecule has 0 aliphatic heterocycles. The summed E-state index contributed by atoms with van der Waals surface area (Å²) in [5.74, 6) is 0.418. The quantitative estimate of drug-likeness (QED) is 0.695. The summed E-state index contributed by atoms with van der Waals surface area (Å²) in [6.07, 6.45) is 1.57. The lowest BCUT2D eigenvalue weighted by molar-refractivity contribution is 0.0943. The Balaban J connectivity index is 1.59. The minimum absolute atomic E-state index is 0.0977. The third-order valence-corrected chi connectivity index (χ3v) is 4.90. The molecule has 1 aromatic carbocycles. The smallest absolute Gasteiger partial charge is 0.252 e. The van der Waals surface area contributed by atoms with Gasteiger partial charge in [-0.2, -0.15) is 0 Å². The maximum atomic E-state index is 12.3. The van der Waals surface area contributed by atoms with Crippen molar-refractivity contribution < 1.29 is 14.0 Å². The molecule has 3 aromatic rings. The largest absolute Gasteiger partial charge is 0.467 e. The Morgan fingerprint density at radius 2 is 1.81 bits per heavy atom. The van der Waals surface area contributed by atoms with Gasteiger partial charge in [-0.25, -0.2) is 0 Å². The second-order valence-corrected chi connectivity index (χ2v) is 7.43. The van der Waals surface area contributed by atoms with Gasteiger partial charge >= 0.3 is 0 Å². The zero-order valence-corrected chi connectivity index (χ0v) is 15.5. The highest BCUT2D eigenvalue weighted by molar-refractivity contribution is 7.12. The van der Waals surface area contributed by atoms with Crippen molar-refractivity contribution in [2.45, 2.75) is 26.9 Å².